The highest BCUT2D eigenvalue weighted by Gasteiger charge is 2.63. The van der Waals surface area contributed by atoms with Crippen molar-refractivity contribution in [2.24, 2.45) is 11.1 Å². The SMILES string of the molecule is CCCN(CC)C(=O)C1(N)CC(OCC)C1(C)C. The summed E-state index contributed by atoms with van der Waals surface area (Å²) in [6, 6.07) is 0. The predicted molar refractivity (Wildman–Crippen MR) is 73.3 cm³/mol. The van der Waals surface area contributed by atoms with Crippen LogP contribution in [0.15, 0.2) is 0 Å². The summed E-state index contributed by atoms with van der Waals surface area (Å²) in [6.45, 7) is 12.3. The molecule has 106 valence electrons. The number of nitrogens with zero attached hydrogens (tertiary/aromatic N) is 1. The van der Waals surface area contributed by atoms with Crippen molar-refractivity contribution in [1.29, 1.82) is 0 Å². The molecule has 0 aromatic heterocycles. The molecular weight excluding hydrogens is 228 g/mol. The summed E-state index contributed by atoms with van der Waals surface area (Å²) in [7, 11) is 0. The van der Waals surface area contributed by atoms with E-state index in [9.17, 15) is 4.79 Å². The summed E-state index contributed by atoms with van der Waals surface area (Å²) in [5.74, 6) is 0.0767. The number of hydrogen-bond donors (Lipinski definition) is 1. The molecule has 18 heavy (non-hydrogen) atoms. The molecule has 1 aliphatic rings. The van der Waals surface area contributed by atoms with Crippen LogP contribution in [0, 0.1) is 5.41 Å². The number of ether oxygens (including phenoxy) is 1. The molecule has 0 aromatic carbocycles. The van der Waals surface area contributed by atoms with E-state index in [0.717, 1.165) is 19.5 Å². The molecule has 0 saturated heterocycles. The van der Waals surface area contributed by atoms with E-state index in [4.69, 9.17) is 10.5 Å². The van der Waals surface area contributed by atoms with Crippen LogP contribution in [-0.2, 0) is 9.53 Å². The van der Waals surface area contributed by atoms with E-state index >= 15 is 0 Å². The van der Waals surface area contributed by atoms with E-state index < -0.39 is 5.54 Å². The van der Waals surface area contributed by atoms with Gasteiger partial charge >= 0.3 is 0 Å². The Morgan fingerprint density at radius 3 is 2.39 bits per heavy atom. The zero-order valence-corrected chi connectivity index (χ0v) is 12.5. The number of likely N-dealkylation sites (N-methyl/N-ethyl adjacent to an activating group) is 1. The van der Waals surface area contributed by atoms with Crippen LogP contribution in [0.5, 0.6) is 0 Å². The molecule has 1 fully saturated rings. The van der Waals surface area contributed by atoms with Crippen LogP contribution in [0.3, 0.4) is 0 Å². The average molecular weight is 256 g/mol. The fourth-order valence-electron chi connectivity index (χ4n) is 2.75. The number of carbonyl (C=O) groups excluding carboxylic acids is 1. The number of hydrogen-bond acceptors (Lipinski definition) is 3. The molecule has 2 N–H and O–H groups in total. The molecule has 0 spiro atoms. The Labute approximate surface area is 111 Å². The lowest BCUT2D eigenvalue weighted by Crippen LogP contribution is -2.76. The van der Waals surface area contributed by atoms with Gasteiger partial charge in [0.15, 0.2) is 0 Å². The van der Waals surface area contributed by atoms with Gasteiger partial charge in [0.1, 0.15) is 5.54 Å². The number of amides is 1. The second-order valence-corrected chi connectivity index (χ2v) is 5.73. The fourth-order valence-corrected chi connectivity index (χ4v) is 2.75. The van der Waals surface area contributed by atoms with Crippen LogP contribution in [0.1, 0.15) is 47.5 Å². The second kappa shape index (κ2) is 5.57. The molecule has 0 aromatic rings. The monoisotopic (exact) mass is 256 g/mol. The Hall–Kier alpha value is -0.610. The Morgan fingerprint density at radius 1 is 1.39 bits per heavy atom. The third-order valence-corrected chi connectivity index (χ3v) is 4.37. The van der Waals surface area contributed by atoms with E-state index in [1.165, 1.54) is 0 Å². The molecule has 1 aliphatic carbocycles. The third-order valence-electron chi connectivity index (χ3n) is 4.37. The van der Waals surface area contributed by atoms with Crippen molar-refractivity contribution in [1.82, 2.24) is 4.90 Å². The smallest absolute Gasteiger partial charge is 0.243 e. The number of rotatable bonds is 6. The van der Waals surface area contributed by atoms with Crippen LogP contribution in [0.2, 0.25) is 0 Å². The minimum atomic E-state index is -0.766. The van der Waals surface area contributed by atoms with Gasteiger partial charge in [-0.05, 0) is 20.3 Å². The first-order valence-electron chi connectivity index (χ1n) is 7.05. The summed E-state index contributed by atoms with van der Waals surface area (Å²) >= 11 is 0. The van der Waals surface area contributed by atoms with Gasteiger partial charge in [0.05, 0.1) is 6.10 Å². The van der Waals surface area contributed by atoms with Crippen molar-refractivity contribution < 1.29 is 9.53 Å². The standard InChI is InChI=1S/C14H28N2O2/c1-6-9-16(7-2)12(17)14(15)10-11(18-8-3)13(14,4)5/h11H,6-10,15H2,1-5H3. The van der Waals surface area contributed by atoms with Gasteiger partial charge in [-0.3, -0.25) is 4.79 Å². The molecule has 2 atom stereocenters. The lowest BCUT2D eigenvalue weighted by atomic mass is 9.54. The molecule has 0 heterocycles. The van der Waals surface area contributed by atoms with Crippen molar-refractivity contribution in [2.75, 3.05) is 19.7 Å². The molecule has 0 aliphatic heterocycles. The van der Waals surface area contributed by atoms with Gasteiger partial charge in [-0.25, -0.2) is 0 Å². The van der Waals surface area contributed by atoms with Gasteiger partial charge < -0.3 is 15.4 Å². The minimum absolute atomic E-state index is 0.0767. The molecule has 1 saturated carbocycles. The van der Waals surface area contributed by atoms with Crippen LogP contribution in [-0.4, -0.2) is 42.1 Å². The molecular formula is C14H28N2O2. The number of nitrogens with two attached hydrogens (primary N) is 1. The largest absolute Gasteiger partial charge is 0.378 e. The first-order chi connectivity index (χ1) is 8.35. The molecule has 4 nitrogen and oxygen atoms in total. The fraction of sp³-hybridized carbons (Fsp3) is 0.929. The summed E-state index contributed by atoms with van der Waals surface area (Å²) in [6.07, 6.45) is 1.69. The number of carbonyl (C=O) groups is 1. The zero-order chi connectivity index (χ0) is 14.0. The molecule has 1 rings (SSSR count). The highest BCUT2D eigenvalue weighted by molar-refractivity contribution is 5.88. The van der Waals surface area contributed by atoms with Crippen molar-refractivity contribution in [3.63, 3.8) is 0 Å². The molecule has 0 bridgehead atoms. The Balaban J connectivity index is 2.79. The van der Waals surface area contributed by atoms with Gasteiger partial charge in [0, 0.05) is 31.5 Å². The normalized spacial score (nSPS) is 29.8. The van der Waals surface area contributed by atoms with E-state index in [1.807, 2.05) is 32.6 Å². The van der Waals surface area contributed by atoms with E-state index in [0.29, 0.717) is 13.0 Å². The minimum Gasteiger partial charge on any atom is -0.378 e. The maximum atomic E-state index is 12.6. The second-order valence-electron chi connectivity index (χ2n) is 5.73. The van der Waals surface area contributed by atoms with Crippen LogP contribution >= 0.6 is 0 Å². The van der Waals surface area contributed by atoms with E-state index in [-0.39, 0.29) is 17.4 Å². The highest BCUT2D eigenvalue weighted by Crippen LogP contribution is 2.50. The zero-order valence-electron chi connectivity index (χ0n) is 12.5. The van der Waals surface area contributed by atoms with Crippen LogP contribution in [0.4, 0.5) is 0 Å². The van der Waals surface area contributed by atoms with Crippen LogP contribution in [0.25, 0.3) is 0 Å². The Kier molecular flexibility index (Phi) is 4.78. The molecule has 4 heteroatoms. The maximum Gasteiger partial charge on any atom is 0.243 e. The lowest BCUT2D eigenvalue weighted by molar-refractivity contribution is -0.179. The van der Waals surface area contributed by atoms with Gasteiger partial charge in [-0.1, -0.05) is 20.8 Å². The summed E-state index contributed by atoms with van der Waals surface area (Å²) in [5.41, 5.74) is 5.32. The van der Waals surface area contributed by atoms with Gasteiger partial charge in [0.2, 0.25) is 5.91 Å². The quantitative estimate of drug-likeness (QED) is 0.788. The Morgan fingerprint density at radius 2 is 2.00 bits per heavy atom. The summed E-state index contributed by atoms with van der Waals surface area (Å²) < 4.78 is 5.66. The van der Waals surface area contributed by atoms with Gasteiger partial charge in [0.25, 0.3) is 0 Å². The van der Waals surface area contributed by atoms with Gasteiger partial charge in [-0.15, -0.1) is 0 Å². The topological polar surface area (TPSA) is 55.6 Å². The third kappa shape index (κ3) is 2.28. The predicted octanol–water partition coefficient (Wildman–Crippen LogP) is 1.78. The summed E-state index contributed by atoms with van der Waals surface area (Å²) in [4.78, 5) is 14.4. The maximum absolute atomic E-state index is 12.6. The first-order valence-corrected chi connectivity index (χ1v) is 7.05. The molecule has 1 amide bonds. The average Bonchev–Trinajstić information content (AvgIpc) is 2.34. The lowest BCUT2D eigenvalue weighted by Gasteiger charge is -2.58. The van der Waals surface area contributed by atoms with Crippen LogP contribution < -0.4 is 5.73 Å². The van der Waals surface area contributed by atoms with Crippen molar-refractivity contribution in [3.05, 3.63) is 0 Å². The Bertz CT molecular complexity index is 304. The molecule has 0 radical (unpaired) electrons. The summed E-state index contributed by atoms with van der Waals surface area (Å²) in [5, 5.41) is 0. The van der Waals surface area contributed by atoms with Crippen molar-refractivity contribution >= 4 is 5.91 Å². The first kappa shape index (κ1) is 15.4. The highest BCUT2D eigenvalue weighted by atomic mass is 16.5. The van der Waals surface area contributed by atoms with E-state index in [1.54, 1.807) is 0 Å². The van der Waals surface area contributed by atoms with Crippen molar-refractivity contribution in [2.45, 2.75) is 59.1 Å². The van der Waals surface area contributed by atoms with Gasteiger partial charge in [-0.2, -0.15) is 0 Å². The molecule has 2 unspecified atom stereocenters. The van der Waals surface area contributed by atoms with E-state index in [2.05, 4.69) is 6.92 Å². The van der Waals surface area contributed by atoms with Crippen molar-refractivity contribution in [3.8, 4) is 0 Å².